The van der Waals surface area contributed by atoms with E-state index in [-0.39, 0.29) is 16.9 Å². The Kier molecular flexibility index (Phi) is 4.73. The van der Waals surface area contributed by atoms with Crippen LogP contribution in [0.15, 0.2) is 18.5 Å². The molecule has 2 heterocycles. The number of aromatic nitrogens is 2. The smallest absolute Gasteiger partial charge is 0.360 e. The summed E-state index contributed by atoms with van der Waals surface area (Å²) in [5.74, 6) is 0.213. The Labute approximate surface area is 129 Å². The summed E-state index contributed by atoms with van der Waals surface area (Å²) in [6.45, 7) is 3.89. The highest BCUT2D eigenvalue weighted by Gasteiger charge is 2.31. The Morgan fingerprint density at radius 2 is 2.05 bits per heavy atom. The van der Waals surface area contributed by atoms with Crippen LogP contribution in [0.4, 0.5) is 19.0 Å². The Morgan fingerprint density at radius 3 is 2.57 bits per heavy atom. The van der Waals surface area contributed by atoms with Gasteiger partial charge in [0.1, 0.15) is 10.8 Å². The number of aryl methyl sites for hydroxylation is 1. The first kappa shape index (κ1) is 16.0. The number of pyridine rings is 1. The molecule has 2 rings (SSSR count). The van der Waals surface area contributed by atoms with Crippen molar-refractivity contribution in [3.63, 3.8) is 0 Å². The quantitative estimate of drug-likeness (QED) is 0.859. The van der Waals surface area contributed by atoms with Gasteiger partial charge in [0.25, 0.3) is 0 Å². The van der Waals surface area contributed by atoms with E-state index in [0.717, 1.165) is 28.6 Å². The first-order valence-corrected chi connectivity index (χ1v) is 7.44. The molecule has 2 aromatic rings. The predicted molar refractivity (Wildman–Crippen MR) is 77.8 cm³/mol. The lowest BCUT2D eigenvalue weighted by Crippen LogP contribution is -2.10. The largest absolute Gasteiger partial charge is 0.417 e. The minimum Gasteiger partial charge on any atom is -0.360 e. The number of nitrogens with zero attached hydrogens (tertiary/aromatic N) is 2. The molecular formula is C13H13ClF3N3S. The molecule has 3 nitrogen and oxygen atoms in total. The number of rotatable bonds is 4. The van der Waals surface area contributed by atoms with Crippen molar-refractivity contribution in [1.29, 1.82) is 0 Å². The average molecular weight is 336 g/mol. The topological polar surface area (TPSA) is 37.8 Å². The lowest BCUT2D eigenvalue weighted by Gasteiger charge is -2.14. The van der Waals surface area contributed by atoms with Crippen molar-refractivity contribution in [3.05, 3.63) is 38.9 Å². The van der Waals surface area contributed by atoms with Crippen molar-refractivity contribution in [2.75, 3.05) is 5.32 Å². The maximum absolute atomic E-state index is 12.5. The molecule has 8 heteroatoms. The van der Waals surface area contributed by atoms with Crippen LogP contribution >= 0.6 is 22.9 Å². The number of alkyl halides is 3. The lowest BCUT2D eigenvalue weighted by molar-refractivity contribution is -0.137. The van der Waals surface area contributed by atoms with Gasteiger partial charge in [0.15, 0.2) is 0 Å². The van der Waals surface area contributed by atoms with E-state index in [1.54, 1.807) is 17.5 Å². The number of hydrogen-bond donors (Lipinski definition) is 1. The second kappa shape index (κ2) is 6.19. The van der Waals surface area contributed by atoms with Crippen molar-refractivity contribution < 1.29 is 13.2 Å². The summed E-state index contributed by atoms with van der Waals surface area (Å²) in [5, 5.41) is 3.75. The highest BCUT2D eigenvalue weighted by Crippen LogP contribution is 2.33. The summed E-state index contributed by atoms with van der Waals surface area (Å²) < 4.78 is 37.6. The van der Waals surface area contributed by atoms with Crippen molar-refractivity contribution in [3.8, 4) is 0 Å². The molecule has 0 radical (unpaired) electrons. The van der Waals surface area contributed by atoms with Gasteiger partial charge in [-0.1, -0.05) is 18.5 Å². The fourth-order valence-corrected chi connectivity index (χ4v) is 2.73. The third-order valence-corrected chi connectivity index (χ3v) is 4.42. The zero-order chi connectivity index (χ0) is 15.6. The summed E-state index contributed by atoms with van der Waals surface area (Å²) in [7, 11) is 0. The van der Waals surface area contributed by atoms with Crippen LogP contribution in [0.1, 0.15) is 35.3 Å². The number of thiazole rings is 1. The van der Waals surface area contributed by atoms with E-state index in [1.165, 1.54) is 0 Å². The van der Waals surface area contributed by atoms with E-state index in [9.17, 15) is 13.2 Å². The molecular weight excluding hydrogens is 323 g/mol. The summed E-state index contributed by atoms with van der Waals surface area (Å²) >= 11 is 7.41. The zero-order valence-corrected chi connectivity index (χ0v) is 12.9. The Bertz CT molecular complexity index is 627. The molecule has 0 bridgehead atoms. The van der Waals surface area contributed by atoms with Crippen molar-refractivity contribution in [2.24, 2.45) is 0 Å². The van der Waals surface area contributed by atoms with Gasteiger partial charge in [-0.05, 0) is 19.4 Å². The van der Waals surface area contributed by atoms with E-state index >= 15 is 0 Å². The number of hydrogen-bond acceptors (Lipinski definition) is 4. The second-order valence-electron chi connectivity index (χ2n) is 4.44. The Balaban J connectivity index is 2.16. The van der Waals surface area contributed by atoms with Crippen LogP contribution in [-0.2, 0) is 12.6 Å². The van der Waals surface area contributed by atoms with Crippen LogP contribution < -0.4 is 5.32 Å². The third-order valence-electron chi connectivity index (χ3n) is 2.81. The van der Waals surface area contributed by atoms with E-state index in [1.807, 2.05) is 13.8 Å². The van der Waals surface area contributed by atoms with Gasteiger partial charge >= 0.3 is 6.18 Å². The molecule has 1 N–H and O–H groups in total. The SMILES string of the molecule is CCc1cnc(C(C)Nc2ncc(C(F)(F)F)cc2Cl)s1. The van der Waals surface area contributed by atoms with E-state index < -0.39 is 11.7 Å². The molecule has 21 heavy (non-hydrogen) atoms. The summed E-state index contributed by atoms with van der Waals surface area (Å²) in [4.78, 5) is 9.17. The summed E-state index contributed by atoms with van der Waals surface area (Å²) in [6.07, 6.45) is -1.00. The lowest BCUT2D eigenvalue weighted by atomic mass is 10.2. The normalized spacial score (nSPS) is 13.2. The van der Waals surface area contributed by atoms with Crippen molar-refractivity contribution in [1.82, 2.24) is 9.97 Å². The molecule has 0 aliphatic carbocycles. The van der Waals surface area contributed by atoms with Gasteiger partial charge in [-0.25, -0.2) is 9.97 Å². The monoisotopic (exact) mass is 335 g/mol. The maximum atomic E-state index is 12.5. The number of anilines is 1. The molecule has 0 fully saturated rings. The molecule has 0 aliphatic heterocycles. The Hall–Kier alpha value is -1.34. The van der Waals surface area contributed by atoms with Crippen LogP contribution in [0.25, 0.3) is 0 Å². The number of nitrogens with one attached hydrogen (secondary N) is 1. The first-order chi connectivity index (χ1) is 9.81. The van der Waals surface area contributed by atoms with Gasteiger partial charge in [-0.3, -0.25) is 0 Å². The first-order valence-electron chi connectivity index (χ1n) is 6.25. The minimum atomic E-state index is -4.45. The van der Waals surface area contributed by atoms with Gasteiger partial charge in [0.05, 0.1) is 16.6 Å². The molecule has 0 saturated heterocycles. The van der Waals surface area contributed by atoms with Gasteiger partial charge in [-0.15, -0.1) is 11.3 Å². The molecule has 1 atom stereocenters. The fraction of sp³-hybridized carbons (Fsp3) is 0.385. The molecule has 0 saturated carbocycles. The second-order valence-corrected chi connectivity index (χ2v) is 5.99. The standard InChI is InChI=1S/C13H13ClF3N3S/c1-3-9-6-19-12(21-9)7(2)20-11-10(14)4-8(5-18-11)13(15,16)17/h4-7H,3H2,1-2H3,(H,18,20). The molecule has 114 valence electrons. The third kappa shape index (κ3) is 3.85. The number of halogens is 4. The van der Waals surface area contributed by atoms with Crippen molar-refractivity contribution in [2.45, 2.75) is 32.5 Å². The van der Waals surface area contributed by atoms with Crippen LogP contribution in [0.3, 0.4) is 0 Å². The zero-order valence-electron chi connectivity index (χ0n) is 11.3. The summed E-state index contributed by atoms with van der Waals surface area (Å²) in [6, 6.07) is 0.681. The van der Waals surface area contributed by atoms with E-state index in [2.05, 4.69) is 15.3 Å². The van der Waals surface area contributed by atoms with Gasteiger partial charge < -0.3 is 5.32 Å². The molecule has 0 spiro atoms. The van der Waals surface area contributed by atoms with Gasteiger partial charge in [0, 0.05) is 17.3 Å². The average Bonchev–Trinajstić information content (AvgIpc) is 2.88. The van der Waals surface area contributed by atoms with Crippen molar-refractivity contribution >= 4 is 28.8 Å². The molecule has 0 aromatic carbocycles. The molecule has 2 aromatic heterocycles. The maximum Gasteiger partial charge on any atom is 0.417 e. The summed E-state index contributed by atoms with van der Waals surface area (Å²) in [5.41, 5.74) is -0.867. The van der Waals surface area contributed by atoms with Crippen LogP contribution in [0.2, 0.25) is 5.02 Å². The van der Waals surface area contributed by atoms with E-state index in [0.29, 0.717) is 0 Å². The fourth-order valence-electron chi connectivity index (χ4n) is 1.65. The molecule has 0 amide bonds. The Morgan fingerprint density at radius 1 is 1.33 bits per heavy atom. The van der Waals surface area contributed by atoms with Crippen LogP contribution in [0, 0.1) is 0 Å². The molecule has 0 aliphatic rings. The predicted octanol–water partition coefficient (Wildman–Crippen LogP) is 4.95. The van der Waals surface area contributed by atoms with E-state index in [4.69, 9.17) is 11.6 Å². The molecule has 1 unspecified atom stereocenters. The van der Waals surface area contributed by atoms with Crippen LogP contribution in [0.5, 0.6) is 0 Å². The highest BCUT2D eigenvalue weighted by atomic mass is 35.5. The minimum absolute atomic E-state index is 0.0658. The van der Waals surface area contributed by atoms with Crippen LogP contribution in [-0.4, -0.2) is 9.97 Å². The highest BCUT2D eigenvalue weighted by molar-refractivity contribution is 7.11. The van der Waals surface area contributed by atoms with Gasteiger partial charge in [0.2, 0.25) is 0 Å². The van der Waals surface area contributed by atoms with Gasteiger partial charge in [-0.2, -0.15) is 13.2 Å².